The fourth-order valence-electron chi connectivity index (χ4n) is 2.18. The van der Waals surface area contributed by atoms with E-state index < -0.39 is 0 Å². The van der Waals surface area contributed by atoms with Gasteiger partial charge in [0.2, 0.25) is 0 Å². The van der Waals surface area contributed by atoms with Gasteiger partial charge in [-0.1, -0.05) is 36.4 Å². The van der Waals surface area contributed by atoms with E-state index in [1.165, 1.54) is 0 Å². The highest BCUT2D eigenvalue weighted by Crippen LogP contribution is 2.29. The number of guanidine groups is 1. The summed E-state index contributed by atoms with van der Waals surface area (Å²) in [6.45, 7) is 5.02. The molecule has 0 unspecified atom stereocenters. The molecule has 0 aliphatic heterocycles. The van der Waals surface area contributed by atoms with Crippen LogP contribution in [0, 0.1) is 0 Å². The van der Waals surface area contributed by atoms with Gasteiger partial charge < -0.3 is 20.5 Å². The molecule has 0 amide bonds. The van der Waals surface area contributed by atoms with E-state index in [9.17, 15) is 0 Å². The number of nitrogens with two attached hydrogens (primary N) is 1. The van der Waals surface area contributed by atoms with Gasteiger partial charge in [0.1, 0.15) is 6.61 Å². The summed E-state index contributed by atoms with van der Waals surface area (Å²) in [5, 5.41) is 3.06. The fourth-order valence-corrected chi connectivity index (χ4v) is 2.18. The molecule has 3 N–H and O–H groups in total. The molecule has 0 heterocycles. The summed E-state index contributed by atoms with van der Waals surface area (Å²) in [5.74, 6) is 1.84. The van der Waals surface area contributed by atoms with Gasteiger partial charge in [-0.25, -0.2) is 4.99 Å². The van der Waals surface area contributed by atoms with Gasteiger partial charge in [-0.3, -0.25) is 0 Å². The normalized spacial score (nSPS) is 11.4. The van der Waals surface area contributed by atoms with Gasteiger partial charge in [0, 0.05) is 6.04 Å². The van der Waals surface area contributed by atoms with Crippen LogP contribution in [0.25, 0.3) is 0 Å². The zero-order valence-electron chi connectivity index (χ0n) is 14.5. The average Bonchev–Trinajstić information content (AvgIpc) is 2.58. The number of hydrogen-bond acceptors (Lipinski definition) is 3. The zero-order chi connectivity index (χ0) is 17.4. The van der Waals surface area contributed by atoms with Crippen molar-refractivity contribution in [1.82, 2.24) is 5.32 Å². The molecule has 128 valence electrons. The van der Waals surface area contributed by atoms with Crippen molar-refractivity contribution in [3.63, 3.8) is 0 Å². The van der Waals surface area contributed by atoms with Crippen molar-refractivity contribution in [2.24, 2.45) is 10.7 Å². The highest BCUT2D eigenvalue weighted by molar-refractivity contribution is 5.78. The SMILES string of the molecule is COc1cc(CN=C(N)NC(C)C)ccc1OCc1ccccc1. The number of methoxy groups -OCH3 is 1. The van der Waals surface area contributed by atoms with Gasteiger partial charge in [-0.05, 0) is 37.1 Å². The molecule has 0 atom stereocenters. The van der Waals surface area contributed by atoms with E-state index in [0.717, 1.165) is 11.1 Å². The van der Waals surface area contributed by atoms with Gasteiger partial charge >= 0.3 is 0 Å². The maximum Gasteiger partial charge on any atom is 0.189 e. The Labute approximate surface area is 143 Å². The number of nitrogens with one attached hydrogen (secondary N) is 1. The predicted molar refractivity (Wildman–Crippen MR) is 97.4 cm³/mol. The highest BCUT2D eigenvalue weighted by atomic mass is 16.5. The van der Waals surface area contributed by atoms with E-state index >= 15 is 0 Å². The van der Waals surface area contributed by atoms with Gasteiger partial charge in [0.25, 0.3) is 0 Å². The van der Waals surface area contributed by atoms with Crippen molar-refractivity contribution in [3.05, 3.63) is 59.7 Å². The molecule has 0 aliphatic rings. The molecule has 0 saturated heterocycles. The second-order valence-corrected chi connectivity index (χ2v) is 5.76. The van der Waals surface area contributed by atoms with Crippen molar-refractivity contribution in [1.29, 1.82) is 0 Å². The molecule has 0 saturated carbocycles. The molecule has 2 aromatic rings. The number of rotatable bonds is 7. The van der Waals surface area contributed by atoms with Crippen molar-refractivity contribution >= 4 is 5.96 Å². The number of hydrogen-bond donors (Lipinski definition) is 2. The Hall–Kier alpha value is -2.69. The second kappa shape index (κ2) is 8.82. The van der Waals surface area contributed by atoms with E-state index in [1.807, 2.05) is 62.4 Å². The van der Waals surface area contributed by atoms with Gasteiger partial charge in [0.05, 0.1) is 13.7 Å². The van der Waals surface area contributed by atoms with Crippen molar-refractivity contribution in [2.75, 3.05) is 7.11 Å². The van der Waals surface area contributed by atoms with Gasteiger partial charge in [-0.15, -0.1) is 0 Å². The van der Waals surface area contributed by atoms with Crippen molar-refractivity contribution < 1.29 is 9.47 Å². The maximum absolute atomic E-state index is 5.85. The first-order chi connectivity index (χ1) is 11.6. The summed E-state index contributed by atoms with van der Waals surface area (Å²) >= 11 is 0. The molecule has 5 nitrogen and oxygen atoms in total. The topological polar surface area (TPSA) is 68.9 Å². The van der Waals surface area contributed by atoms with E-state index in [-0.39, 0.29) is 6.04 Å². The summed E-state index contributed by atoms with van der Waals surface area (Å²) in [4.78, 5) is 4.32. The van der Waals surface area contributed by atoms with E-state index in [0.29, 0.717) is 30.6 Å². The van der Waals surface area contributed by atoms with E-state index in [4.69, 9.17) is 15.2 Å². The molecule has 0 aromatic heterocycles. The molecule has 5 heteroatoms. The van der Waals surface area contributed by atoms with Gasteiger partial charge in [-0.2, -0.15) is 0 Å². The van der Waals surface area contributed by atoms with Crippen LogP contribution < -0.4 is 20.5 Å². The largest absolute Gasteiger partial charge is 0.493 e. The molecular weight excluding hydrogens is 302 g/mol. The number of ether oxygens (including phenoxy) is 2. The quantitative estimate of drug-likeness (QED) is 0.606. The van der Waals surface area contributed by atoms with Crippen LogP contribution in [0.3, 0.4) is 0 Å². The lowest BCUT2D eigenvalue weighted by atomic mass is 10.2. The third-order valence-corrected chi connectivity index (χ3v) is 3.33. The molecule has 2 rings (SSSR count). The Morgan fingerprint density at radius 1 is 1.08 bits per heavy atom. The Morgan fingerprint density at radius 3 is 2.50 bits per heavy atom. The Kier molecular flexibility index (Phi) is 6.49. The van der Waals surface area contributed by atoms with Crippen LogP contribution in [0.1, 0.15) is 25.0 Å². The summed E-state index contributed by atoms with van der Waals surface area (Å²) in [6.07, 6.45) is 0. The minimum absolute atomic E-state index is 0.261. The standard InChI is InChI=1S/C19H25N3O2/c1-14(2)22-19(20)21-12-16-9-10-17(18(11-16)23-3)24-13-15-7-5-4-6-8-15/h4-11,14H,12-13H2,1-3H3,(H3,20,21,22). The third-order valence-electron chi connectivity index (χ3n) is 3.33. The molecular formula is C19H25N3O2. The first-order valence-corrected chi connectivity index (χ1v) is 7.98. The fraction of sp³-hybridized carbons (Fsp3) is 0.316. The van der Waals surface area contributed by atoms with Gasteiger partial charge in [0.15, 0.2) is 17.5 Å². The summed E-state index contributed by atoms with van der Waals surface area (Å²) in [6, 6.07) is 16.1. The van der Waals surface area contributed by atoms with Crippen LogP contribution in [-0.4, -0.2) is 19.1 Å². The summed E-state index contributed by atoms with van der Waals surface area (Å²) in [5.41, 5.74) is 7.94. The second-order valence-electron chi connectivity index (χ2n) is 5.76. The minimum atomic E-state index is 0.261. The lowest BCUT2D eigenvalue weighted by Crippen LogP contribution is -2.36. The third kappa shape index (κ3) is 5.50. The Bertz CT molecular complexity index is 670. The van der Waals surface area contributed by atoms with Crippen molar-refractivity contribution in [3.8, 4) is 11.5 Å². The minimum Gasteiger partial charge on any atom is -0.493 e. The summed E-state index contributed by atoms with van der Waals surface area (Å²) < 4.78 is 11.3. The van der Waals surface area contributed by atoms with Crippen LogP contribution in [0.4, 0.5) is 0 Å². The summed E-state index contributed by atoms with van der Waals surface area (Å²) in [7, 11) is 1.63. The number of aliphatic imine (C=N–C) groups is 1. The predicted octanol–water partition coefficient (Wildman–Crippen LogP) is 3.09. The monoisotopic (exact) mass is 327 g/mol. The molecule has 0 radical (unpaired) electrons. The first-order valence-electron chi connectivity index (χ1n) is 7.98. The van der Waals surface area contributed by atoms with E-state index in [2.05, 4.69) is 10.3 Å². The van der Waals surface area contributed by atoms with Crippen LogP contribution in [0.15, 0.2) is 53.5 Å². The first kappa shape index (κ1) is 17.7. The van der Waals surface area contributed by atoms with Crippen LogP contribution in [-0.2, 0) is 13.2 Å². The van der Waals surface area contributed by atoms with E-state index in [1.54, 1.807) is 7.11 Å². The maximum atomic E-state index is 5.85. The molecule has 2 aromatic carbocycles. The lowest BCUT2D eigenvalue weighted by Gasteiger charge is -2.12. The molecule has 24 heavy (non-hydrogen) atoms. The number of nitrogens with zero attached hydrogens (tertiary/aromatic N) is 1. The Morgan fingerprint density at radius 2 is 1.83 bits per heavy atom. The van der Waals surface area contributed by atoms with Crippen LogP contribution in [0.2, 0.25) is 0 Å². The smallest absolute Gasteiger partial charge is 0.189 e. The molecule has 0 fully saturated rings. The average molecular weight is 327 g/mol. The van der Waals surface area contributed by atoms with Crippen LogP contribution in [0.5, 0.6) is 11.5 Å². The molecule has 0 bridgehead atoms. The molecule has 0 aliphatic carbocycles. The molecule has 0 spiro atoms. The number of benzene rings is 2. The van der Waals surface area contributed by atoms with Crippen LogP contribution >= 0.6 is 0 Å². The zero-order valence-corrected chi connectivity index (χ0v) is 14.5. The lowest BCUT2D eigenvalue weighted by molar-refractivity contribution is 0.284. The highest BCUT2D eigenvalue weighted by Gasteiger charge is 2.06. The Balaban J connectivity index is 2.01. The van der Waals surface area contributed by atoms with Crippen molar-refractivity contribution in [2.45, 2.75) is 33.0 Å².